The maximum atomic E-state index is 12.9. The second-order valence-corrected chi connectivity index (χ2v) is 7.86. The average Bonchev–Trinajstić information content (AvgIpc) is 2.70. The summed E-state index contributed by atoms with van der Waals surface area (Å²) in [4.78, 5) is 12.6. The van der Waals surface area contributed by atoms with Gasteiger partial charge in [-0.15, -0.1) is 0 Å². The third-order valence-electron chi connectivity index (χ3n) is 5.18. The van der Waals surface area contributed by atoms with Gasteiger partial charge in [-0.25, -0.2) is 0 Å². The van der Waals surface area contributed by atoms with Gasteiger partial charge in [0, 0.05) is 35.1 Å². The summed E-state index contributed by atoms with van der Waals surface area (Å²) in [7, 11) is 0. The summed E-state index contributed by atoms with van der Waals surface area (Å²) in [5.41, 5.74) is 4.84. The first-order chi connectivity index (χ1) is 14.2. The number of unbranched alkanes of at least 4 members (excludes halogenated alkanes) is 1. The lowest BCUT2D eigenvalue weighted by molar-refractivity contribution is -0.186. The number of nitrogens with zero attached hydrogens (tertiary/aromatic N) is 1. The highest BCUT2D eigenvalue weighted by Gasteiger charge is 2.43. The molecular weight excluding hydrogens is 413 g/mol. The van der Waals surface area contributed by atoms with Gasteiger partial charge in [-0.05, 0) is 54.2 Å². The standard InChI is InChI=1S/C23H24ClF3N2O/c1-3-4-7-15(2)28-17-12-16-14-29(22(30)23(25,26)27)11-10-18(16)20(13-17)19-8-5-6-9-21(19)24/h5-6,8-9,12-13,28H,2-4,7,10-11,14H2,1H3. The Bertz CT molecular complexity index is 956. The number of nitrogens with one attached hydrogen (secondary N) is 1. The summed E-state index contributed by atoms with van der Waals surface area (Å²) >= 11 is 6.42. The van der Waals surface area contributed by atoms with E-state index in [0.29, 0.717) is 17.0 Å². The Balaban J connectivity index is 2.01. The van der Waals surface area contributed by atoms with Gasteiger partial charge >= 0.3 is 12.1 Å². The number of anilines is 1. The van der Waals surface area contributed by atoms with Gasteiger partial charge < -0.3 is 10.2 Å². The van der Waals surface area contributed by atoms with Gasteiger partial charge in [0.05, 0.1) is 0 Å². The lowest BCUT2D eigenvalue weighted by Crippen LogP contribution is -2.43. The van der Waals surface area contributed by atoms with Crippen LogP contribution >= 0.6 is 11.6 Å². The van der Waals surface area contributed by atoms with Crippen molar-refractivity contribution in [2.75, 3.05) is 11.9 Å². The van der Waals surface area contributed by atoms with E-state index in [1.807, 2.05) is 30.3 Å². The fourth-order valence-electron chi connectivity index (χ4n) is 3.70. The summed E-state index contributed by atoms with van der Waals surface area (Å²) in [5, 5.41) is 3.83. The first-order valence-corrected chi connectivity index (χ1v) is 10.3. The molecule has 3 nitrogen and oxygen atoms in total. The first-order valence-electron chi connectivity index (χ1n) is 9.92. The third kappa shape index (κ3) is 4.98. The molecule has 160 valence electrons. The van der Waals surface area contributed by atoms with Crippen molar-refractivity contribution in [3.63, 3.8) is 0 Å². The highest BCUT2D eigenvalue weighted by Crippen LogP contribution is 2.38. The van der Waals surface area contributed by atoms with Crippen molar-refractivity contribution >= 4 is 23.2 Å². The fraction of sp³-hybridized carbons (Fsp3) is 0.348. The van der Waals surface area contributed by atoms with E-state index >= 15 is 0 Å². The SMILES string of the molecule is C=C(CCCC)Nc1cc2c(c(-c3ccccc3Cl)c1)CCN(C(=O)C(F)(F)F)C2. The molecule has 0 unspecified atom stereocenters. The Kier molecular flexibility index (Phi) is 6.76. The minimum Gasteiger partial charge on any atom is -0.359 e. The molecule has 0 radical (unpaired) electrons. The van der Waals surface area contributed by atoms with Crippen molar-refractivity contribution < 1.29 is 18.0 Å². The van der Waals surface area contributed by atoms with Crippen molar-refractivity contribution in [3.8, 4) is 11.1 Å². The summed E-state index contributed by atoms with van der Waals surface area (Å²) < 4.78 is 38.8. The fourth-order valence-corrected chi connectivity index (χ4v) is 3.94. The molecule has 0 saturated carbocycles. The molecule has 0 bridgehead atoms. The van der Waals surface area contributed by atoms with Gasteiger partial charge in [0.2, 0.25) is 0 Å². The average molecular weight is 437 g/mol. The van der Waals surface area contributed by atoms with Crippen LogP contribution in [0.5, 0.6) is 0 Å². The highest BCUT2D eigenvalue weighted by molar-refractivity contribution is 6.33. The lowest BCUT2D eigenvalue weighted by Gasteiger charge is -2.31. The van der Waals surface area contributed by atoms with E-state index in [-0.39, 0.29) is 13.1 Å². The van der Waals surface area contributed by atoms with Gasteiger partial charge in [0.1, 0.15) is 0 Å². The van der Waals surface area contributed by atoms with E-state index in [9.17, 15) is 18.0 Å². The number of carbonyl (C=O) groups is 1. The van der Waals surface area contributed by atoms with Crippen LogP contribution in [0.2, 0.25) is 5.02 Å². The van der Waals surface area contributed by atoms with Crippen LogP contribution in [-0.4, -0.2) is 23.5 Å². The van der Waals surface area contributed by atoms with Crippen molar-refractivity contribution in [1.82, 2.24) is 4.90 Å². The van der Waals surface area contributed by atoms with E-state index in [2.05, 4.69) is 18.8 Å². The predicted molar refractivity (Wildman–Crippen MR) is 114 cm³/mol. The maximum absolute atomic E-state index is 12.9. The van der Waals surface area contributed by atoms with E-state index in [1.54, 1.807) is 6.07 Å². The monoisotopic (exact) mass is 436 g/mol. The van der Waals surface area contributed by atoms with Crippen LogP contribution in [0.1, 0.15) is 37.3 Å². The summed E-state index contributed by atoms with van der Waals surface area (Å²) in [5.74, 6) is -1.81. The Morgan fingerprint density at radius 1 is 1.23 bits per heavy atom. The largest absolute Gasteiger partial charge is 0.471 e. The normalized spacial score (nSPS) is 13.7. The quantitative estimate of drug-likeness (QED) is 0.555. The zero-order valence-corrected chi connectivity index (χ0v) is 17.5. The molecule has 30 heavy (non-hydrogen) atoms. The Hall–Kier alpha value is -2.47. The highest BCUT2D eigenvalue weighted by atomic mass is 35.5. The molecule has 1 aliphatic heterocycles. The topological polar surface area (TPSA) is 32.3 Å². The van der Waals surface area contributed by atoms with Gasteiger partial charge in [-0.2, -0.15) is 13.2 Å². The van der Waals surface area contributed by atoms with Crippen LogP contribution < -0.4 is 5.32 Å². The van der Waals surface area contributed by atoms with Gasteiger partial charge in [-0.3, -0.25) is 4.79 Å². The van der Waals surface area contributed by atoms with Gasteiger partial charge in [0.15, 0.2) is 0 Å². The third-order valence-corrected chi connectivity index (χ3v) is 5.51. The number of benzene rings is 2. The molecule has 1 amide bonds. The number of allylic oxidation sites excluding steroid dienone is 1. The molecule has 1 N–H and O–H groups in total. The molecule has 0 saturated heterocycles. The lowest BCUT2D eigenvalue weighted by atomic mass is 9.89. The van der Waals surface area contributed by atoms with E-state index in [0.717, 1.165) is 52.2 Å². The van der Waals surface area contributed by atoms with Gasteiger partial charge in [0.25, 0.3) is 0 Å². The zero-order chi connectivity index (χ0) is 21.9. The smallest absolute Gasteiger partial charge is 0.359 e. The molecule has 0 aliphatic carbocycles. The second kappa shape index (κ2) is 9.13. The number of hydrogen-bond acceptors (Lipinski definition) is 2. The predicted octanol–water partition coefficient (Wildman–Crippen LogP) is 6.57. The number of carbonyl (C=O) groups excluding carboxylic acids is 1. The van der Waals surface area contributed by atoms with Crippen LogP contribution in [0.3, 0.4) is 0 Å². The molecule has 0 atom stereocenters. The molecule has 0 aromatic heterocycles. The van der Waals surface area contributed by atoms with E-state index < -0.39 is 12.1 Å². The summed E-state index contributed by atoms with van der Waals surface area (Å²) in [6.07, 6.45) is -1.73. The van der Waals surface area contributed by atoms with Crippen molar-refractivity contribution in [2.45, 2.75) is 45.3 Å². The van der Waals surface area contributed by atoms with Crippen molar-refractivity contribution in [3.05, 3.63) is 64.8 Å². The molecule has 0 fully saturated rings. The molecule has 3 rings (SSSR count). The summed E-state index contributed by atoms with van der Waals surface area (Å²) in [6, 6.07) is 11.1. The minimum atomic E-state index is -4.88. The molecule has 2 aromatic rings. The molecule has 1 heterocycles. The Labute approximate surface area is 179 Å². The maximum Gasteiger partial charge on any atom is 0.471 e. The van der Waals surface area contributed by atoms with E-state index in [1.165, 1.54) is 0 Å². The Morgan fingerprint density at radius 2 is 1.97 bits per heavy atom. The molecular formula is C23H24ClF3N2O. The van der Waals surface area contributed by atoms with E-state index in [4.69, 9.17) is 11.6 Å². The number of alkyl halides is 3. The second-order valence-electron chi connectivity index (χ2n) is 7.45. The van der Waals surface area contributed by atoms with Gasteiger partial charge in [-0.1, -0.05) is 49.7 Å². The molecule has 2 aromatic carbocycles. The summed E-state index contributed by atoms with van der Waals surface area (Å²) in [6.45, 7) is 6.05. The minimum absolute atomic E-state index is 0.0127. The number of amides is 1. The van der Waals surface area contributed by atoms with Crippen LogP contribution in [0, 0.1) is 0 Å². The zero-order valence-electron chi connectivity index (χ0n) is 16.8. The van der Waals surface area contributed by atoms with Crippen LogP contribution in [-0.2, 0) is 17.8 Å². The van der Waals surface area contributed by atoms with Crippen LogP contribution in [0.25, 0.3) is 11.1 Å². The van der Waals surface area contributed by atoms with Crippen molar-refractivity contribution in [2.24, 2.45) is 0 Å². The van der Waals surface area contributed by atoms with Crippen LogP contribution in [0.4, 0.5) is 18.9 Å². The number of fused-ring (bicyclic) bond motifs is 1. The Morgan fingerprint density at radius 3 is 2.63 bits per heavy atom. The van der Waals surface area contributed by atoms with Crippen molar-refractivity contribution in [1.29, 1.82) is 0 Å². The molecule has 1 aliphatic rings. The number of halogens is 4. The number of hydrogen-bond donors (Lipinski definition) is 1. The number of rotatable bonds is 6. The molecule has 0 spiro atoms. The first kappa shape index (κ1) is 22.2. The van der Waals surface area contributed by atoms with Crippen LogP contribution in [0.15, 0.2) is 48.7 Å². The molecule has 7 heteroatoms.